The SMILES string of the molecule is CC(C)C(Br)C(=O)Nc1cccc(C(F)(F)F)c1. The summed E-state index contributed by atoms with van der Waals surface area (Å²) < 4.78 is 37.4. The predicted octanol–water partition coefficient (Wildman–Crippen LogP) is 4.06. The highest BCUT2D eigenvalue weighted by Gasteiger charge is 2.30. The number of anilines is 1. The van der Waals surface area contributed by atoms with Gasteiger partial charge < -0.3 is 5.32 Å². The summed E-state index contributed by atoms with van der Waals surface area (Å²) in [6.07, 6.45) is -4.41. The van der Waals surface area contributed by atoms with Crippen LogP contribution in [0.5, 0.6) is 0 Å². The van der Waals surface area contributed by atoms with Gasteiger partial charge in [0.15, 0.2) is 0 Å². The summed E-state index contributed by atoms with van der Waals surface area (Å²) in [6.45, 7) is 3.68. The average Bonchev–Trinajstić information content (AvgIpc) is 2.27. The second kappa shape index (κ2) is 5.73. The maximum atomic E-state index is 12.5. The Kier molecular flexibility index (Phi) is 4.78. The summed E-state index contributed by atoms with van der Waals surface area (Å²) in [4.78, 5) is 11.2. The van der Waals surface area contributed by atoms with Gasteiger partial charge in [-0.25, -0.2) is 0 Å². The molecule has 0 aromatic heterocycles. The first-order chi connectivity index (χ1) is 8.21. The van der Waals surface area contributed by atoms with Crippen LogP contribution in [0.3, 0.4) is 0 Å². The number of amides is 1. The third-order valence-electron chi connectivity index (χ3n) is 2.29. The van der Waals surface area contributed by atoms with Crippen molar-refractivity contribution in [1.82, 2.24) is 0 Å². The Labute approximate surface area is 112 Å². The lowest BCUT2D eigenvalue weighted by atomic mass is 10.1. The molecule has 0 aliphatic heterocycles. The monoisotopic (exact) mass is 323 g/mol. The molecule has 6 heteroatoms. The molecule has 0 saturated carbocycles. The minimum Gasteiger partial charge on any atom is -0.325 e. The summed E-state index contributed by atoms with van der Waals surface area (Å²) in [7, 11) is 0. The molecule has 1 aromatic rings. The van der Waals surface area contributed by atoms with Gasteiger partial charge in [0.1, 0.15) is 0 Å². The van der Waals surface area contributed by atoms with Crippen molar-refractivity contribution in [3.8, 4) is 0 Å². The van der Waals surface area contributed by atoms with Crippen LogP contribution in [0.25, 0.3) is 0 Å². The largest absolute Gasteiger partial charge is 0.416 e. The molecule has 0 radical (unpaired) electrons. The number of carbonyl (C=O) groups is 1. The van der Waals surface area contributed by atoms with Crippen molar-refractivity contribution in [1.29, 1.82) is 0 Å². The molecule has 18 heavy (non-hydrogen) atoms. The zero-order valence-electron chi connectivity index (χ0n) is 9.88. The maximum absolute atomic E-state index is 12.5. The van der Waals surface area contributed by atoms with Crippen LogP contribution in [0.15, 0.2) is 24.3 Å². The molecule has 1 rings (SSSR count). The Hall–Kier alpha value is -1.04. The smallest absolute Gasteiger partial charge is 0.325 e. The molecule has 0 aliphatic rings. The van der Waals surface area contributed by atoms with Gasteiger partial charge in [-0.3, -0.25) is 4.79 Å². The average molecular weight is 324 g/mol. The summed E-state index contributed by atoms with van der Waals surface area (Å²) in [5, 5.41) is 2.45. The molecule has 1 atom stereocenters. The minimum absolute atomic E-state index is 0.0517. The molecule has 1 amide bonds. The first-order valence-corrected chi connectivity index (χ1v) is 6.25. The van der Waals surface area contributed by atoms with Gasteiger partial charge in [-0.2, -0.15) is 13.2 Å². The summed E-state index contributed by atoms with van der Waals surface area (Å²) in [5.74, 6) is -0.305. The lowest BCUT2D eigenvalue weighted by Crippen LogP contribution is -2.27. The third-order valence-corrected chi connectivity index (χ3v) is 3.77. The highest BCUT2D eigenvalue weighted by molar-refractivity contribution is 9.10. The van der Waals surface area contributed by atoms with E-state index in [2.05, 4.69) is 21.2 Å². The lowest BCUT2D eigenvalue weighted by molar-refractivity contribution is -0.137. The van der Waals surface area contributed by atoms with E-state index in [1.54, 1.807) is 0 Å². The second-order valence-electron chi connectivity index (χ2n) is 4.21. The predicted molar refractivity (Wildman–Crippen MR) is 67.6 cm³/mol. The van der Waals surface area contributed by atoms with Gasteiger partial charge in [0.25, 0.3) is 0 Å². The highest BCUT2D eigenvalue weighted by atomic mass is 79.9. The topological polar surface area (TPSA) is 29.1 Å². The number of carbonyl (C=O) groups excluding carboxylic acids is 1. The fraction of sp³-hybridized carbons (Fsp3) is 0.417. The summed E-state index contributed by atoms with van der Waals surface area (Å²) in [5.41, 5.74) is -0.643. The number of benzene rings is 1. The fourth-order valence-electron chi connectivity index (χ4n) is 1.29. The van der Waals surface area contributed by atoms with Crippen molar-refractivity contribution in [3.63, 3.8) is 0 Å². The van der Waals surface area contributed by atoms with Gasteiger partial charge >= 0.3 is 6.18 Å². The molecule has 2 nitrogen and oxygen atoms in total. The zero-order valence-corrected chi connectivity index (χ0v) is 11.5. The van der Waals surface area contributed by atoms with E-state index in [0.29, 0.717) is 0 Å². The molecule has 0 bridgehead atoms. The second-order valence-corrected chi connectivity index (χ2v) is 5.20. The molecule has 0 aliphatic carbocycles. The minimum atomic E-state index is -4.41. The van der Waals surface area contributed by atoms with Crippen LogP contribution in [0.4, 0.5) is 18.9 Å². The van der Waals surface area contributed by atoms with E-state index >= 15 is 0 Å². The molecular formula is C12H13BrF3NO. The van der Waals surface area contributed by atoms with Gasteiger partial charge in [-0.15, -0.1) is 0 Å². The Balaban J connectivity index is 2.83. The molecule has 1 unspecified atom stereocenters. The number of rotatable bonds is 3. The van der Waals surface area contributed by atoms with Crippen molar-refractivity contribution in [3.05, 3.63) is 29.8 Å². The Morgan fingerprint density at radius 2 is 1.94 bits per heavy atom. The van der Waals surface area contributed by atoms with Crippen molar-refractivity contribution < 1.29 is 18.0 Å². The van der Waals surface area contributed by atoms with Crippen LogP contribution in [-0.2, 0) is 11.0 Å². The molecule has 0 saturated heterocycles. The van der Waals surface area contributed by atoms with Gasteiger partial charge in [0, 0.05) is 5.69 Å². The number of hydrogen-bond donors (Lipinski definition) is 1. The van der Waals surface area contributed by atoms with Crippen LogP contribution < -0.4 is 5.32 Å². The van der Waals surface area contributed by atoms with E-state index < -0.39 is 16.6 Å². The standard InChI is InChI=1S/C12H13BrF3NO/c1-7(2)10(13)11(18)17-9-5-3-4-8(6-9)12(14,15)16/h3-7,10H,1-2H3,(H,17,18). The normalized spacial score (nSPS) is 13.5. The van der Waals surface area contributed by atoms with Crippen molar-refractivity contribution in [2.75, 3.05) is 5.32 Å². The van der Waals surface area contributed by atoms with Crippen LogP contribution in [0.2, 0.25) is 0 Å². The van der Waals surface area contributed by atoms with Crippen LogP contribution in [0.1, 0.15) is 19.4 Å². The summed E-state index contributed by atoms with van der Waals surface area (Å²) in [6, 6.07) is 4.56. The number of alkyl halides is 4. The first-order valence-electron chi connectivity index (χ1n) is 5.34. The number of halogens is 4. The Morgan fingerprint density at radius 1 is 1.33 bits per heavy atom. The quantitative estimate of drug-likeness (QED) is 0.835. The van der Waals surface area contributed by atoms with Gasteiger partial charge in [-0.1, -0.05) is 35.8 Å². The van der Waals surface area contributed by atoms with Gasteiger partial charge in [0.05, 0.1) is 10.4 Å². The first kappa shape index (κ1) is 15.0. The van der Waals surface area contributed by atoms with E-state index in [-0.39, 0.29) is 17.5 Å². The van der Waals surface area contributed by atoms with Crippen molar-refractivity contribution in [2.24, 2.45) is 5.92 Å². The highest BCUT2D eigenvalue weighted by Crippen LogP contribution is 2.30. The molecular weight excluding hydrogens is 311 g/mol. The van der Waals surface area contributed by atoms with Crippen molar-refractivity contribution in [2.45, 2.75) is 24.9 Å². The summed E-state index contributed by atoms with van der Waals surface area (Å²) >= 11 is 3.19. The third kappa shape index (κ3) is 4.01. The number of hydrogen-bond acceptors (Lipinski definition) is 1. The molecule has 100 valence electrons. The van der Waals surface area contributed by atoms with E-state index in [4.69, 9.17) is 0 Å². The molecule has 0 heterocycles. The van der Waals surface area contributed by atoms with Crippen LogP contribution in [0, 0.1) is 5.92 Å². The van der Waals surface area contributed by atoms with Crippen LogP contribution >= 0.6 is 15.9 Å². The van der Waals surface area contributed by atoms with Crippen molar-refractivity contribution >= 4 is 27.5 Å². The molecule has 0 spiro atoms. The lowest BCUT2D eigenvalue weighted by Gasteiger charge is -2.14. The van der Waals surface area contributed by atoms with E-state index in [0.717, 1.165) is 12.1 Å². The molecule has 0 fully saturated rings. The molecule has 1 N–H and O–H groups in total. The fourth-order valence-corrected chi connectivity index (χ4v) is 1.40. The van der Waals surface area contributed by atoms with E-state index in [1.807, 2.05) is 13.8 Å². The van der Waals surface area contributed by atoms with E-state index in [9.17, 15) is 18.0 Å². The van der Waals surface area contributed by atoms with Gasteiger partial charge in [-0.05, 0) is 24.1 Å². The zero-order chi connectivity index (χ0) is 13.9. The van der Waals surface area contributed by atoms with Crippen LogP contribution in [-0.4, -0.2) is 10.7 Å². The maximum Gasteiger partial charge on any atom is 0.416 e. The van der Waals surface area contributed by atoms with Gasteiger partial charge in [0.2, 0.25) is 5.91 Å². The van der Waals surface area contributed by atoms with E-state index in [1.165, 1.54) is 12.1 Å². The molecule has 1 aromatic carbocycles. The Bertz CT molecular complexity index is 432. The number of nitrogens with one attached hydrogen (secondary N) is 1. The Morgan fingerprint density at radius 3 is 2.44 bits per heavy atom.